The summed E-state index contributed by atoms with van der Waals surface area (Å²) in [6, 6.07) is 9.44. The van der Waals surface area contributed by atoms with Gasteiger partial charge in [0.2, 0.25) is 6.21 Å². The Hall–Kier alpha value is -3.52. The second kappa shape index (κ2) is 16.7. The molecule has 22 heteroatoms. The van der Waals surface area contributed by atoms with Crippen LogP contribution in [0.1, 0.15) is 24.4 Å². The maximum atomic E-state index is 12.8. The Bertz CT molecular complexity index is 2020. The number of nitrogen functional groups attached to an aromatic ring is 1. The van der Waals surface area contributed by atoms with Crippen LogP contribution in [0.2, 0.25) is 0 Å². The molecule has 2 saturated heterocycles. The zero-order valence-electron chi connectivity index (χ0n) is 27.7. The number of nitrogens with one attached hydrogen (secondary N) is 1. The quantitative estimate of drug-likeness (QED) is 0.0626. The predicted molar refractivity (Wildman–Crippen MR) is 190 cm³/mol. The van der Waals surface area contributed by atoms with Crippen molar-refractivity contribution in [3.05, 3.63) is 81.7 Å². The number of methoxy groups -OCH3 is 1. The molecule has 0 aliphatic carbocycles. The van der Waals surface area contributed by atoms with Crippen molar-refractivity contribution in [2.45, 2.75) is 61.9 Å². The molecule has 1 aromatic carbocycles. The highest BCUT2D eigenvalue weighted by molar-refractivity contribution is 8.64. The third-order valence-electron chi connectivity index (χ3n) is 8.46. The number of imidazole rings is 1. The third-order valence-corrected chi connectivity index (χ3v) is 13.8. The Morgan fingerprint density at radius 2 is 1.94 bits per heavy atom. The number of aromatic amines is 1. The third kappa shape index (κ3) is 8.48. The molecule has 5 heterocycles. The summed E-state index contributed by atoms with van der Waals surface area (Å²) >= 11 is 0.966. The SMILES string of the molecule is COC1C(OP(=P)(OC[C@H]2O[C@@H](n3cnc4c(N)ncnc43)CC2O)SCOC(=O)C(N)Cc2ccccc2)[C@@H](CO)O[C@H]1n1ccc(=O)[nH]c1=O. The van der Waals surface area contributed by atoms with E-state index >= 15 is 0 Å². The van der Waals surface area contributed by atoms with Crippen molar-refractivity contribution in [1.82, 2.24) is 29.1 Å². The van der Waals surface area contributed by atoms with E-state index in [1.165, 1.54) is 26.0 Å². The van der Waals surface area contributed by atoms with E-state index in [1.54, 1.807) is 4.57 Å². The number of fused-ring (bicyclic) bond motifs is 1. The minimum Gasteiger partial charge on any atom is -0.453 e. The van der Waals surface area contributed by atoms with Gasteiger partial charge in [-0.15, -0.1) is 0 Å². The van der Waals surface area contributed by atoms with Gasteiger partial charge < -0.3 is 49.7 Å². The fourth-order valence-corrected chi connectivity index (χ4v) is 9.79. The smallest absolute Gasteiger partial charge is 0.330 e. The molecule has 2 fully saturated rings. The van der Waals surface area contributed by atoms with Gasteiger partial charge in [-0.1, -0.05) is 38.9 Å². The fraction of sp³-hybridized carbons (Fsp3) is 0.467. The van der Waals surface area contributed by atoms with Gasteiger partial charge in [-0.2, -0.15) is 0 Å². The van der Waals surface area contributed by atoms with Crippen LogP contribution in [0, 0.1) is 0 Å². The van der Waals surface area contributed by atoms with Crippen LogP contribution >= 0.6 is 26.1 Å². The van der Waals surface area contributed by atoms with Gasteiger partial charge in [-0.25, -0.2) is 19.7 Å². The lowest BCUT2D eigenvalue weighted by Gasteiger charge is -2.31. The van der Waals surface area contributed by atoms with E-state index in [0.717, 1.165) is 27.6 Å². The van der Waals surface area contributed by atoms with Crippen molar-refractivity contribution in [2.75, 3.05) is 32.0 Å². The summed E-state index contributed by atoms with van der Waals surface area (Å²) in [5.74, 6) is -0.727. The molecule has 5 unspecified atom stereocenters. The van der Waals surface area contributed by atoms with Crippen LogP contribution in [0.15, 0.2) is 64.8 Å². The van der Waals surface area contributed by atoms with Crippen LogP contribution in [0.4, 0.5) is 5.82 Å². The van der Waals surface area contributed by atoms with Crippen LogP contribution in [0.3, 0.4) is 0 Å². The van der Waals surface area contributed by atoms with E-state index in [2.05, 4.69) is 28.5 Å². The maximum absolute atomic E-state index is 12.8. The number of hydrogen-bond acceptors (Lipinski definition) is 17. The number of hydrogen-bond donors (Lipinski definition) is 5. The van der Waals surface area contributed by atoms with Crippen molar-refractivity contribution in [3.8, 4) is 0 Å². The highest BCUT2D eigenvalue weighted by atomic mass is 32.8. The molecule has 0 saturated carbocycles. The van der Waals surface area contributed by atoms with Crippen LogP contribution in [-0.2, 0) is 39.2 Å². The summed E-state index contributed by atoms with van der Waals surface area (Å²) in [6.07, 6.45) is -5.60. The molecule has 4 aromatic rings. The van der Waals surface area contributed by atoms with Gasteiger partial charge in [0.1, 0.15) is 54.5 Å². The predicted octanol–water partition coefficient (Wildman–Crippen LogP) is 0.538. The van der Waals surface area contributed by atoms with Gasteiger partial charge in [0, 0.05) is 25.8 Å². The molecular weight excluding hydrogens is 742 g/mol. The summed E-state index contributed by atoms with van der Waals surface area (Å²) in [6.45, 7) is -0.747. The number of aliphatic hydroxyl groups is 2. The zero-order valence-corrected chi connectivity index (χ0v) is 30.4. The monoisotopic (exact) mass is 780 g/mol. The maximum Gasteiger partial charge on any atom is 0.330 e. The summed E-state index contributed by atoms with van der Waals surface area (Å²) in [4.78, 5) is 51.9. The highest BCUT2D eigenvalue weighted by Gasteiger charge is 2.49. The van der Waals surface area contributed by atoms with E-state index in [9.17, 15) is 24.6 Å². The number of carbonyl (C=O) groups is 1. The number of ether oxygens (including phenoxy) is 4. The fourth-order valence-electron chi connectivity index (χ4n) is 5.84. The lowest BCUT2D eigenvalue weighted by atomic mass is 10.1. The average molecular weight is 781 g/mol. The number of aliphatic hydroxyl groups excluding tert-OH is 2. The first-order valence-electron chi connectivity index (χ1n) is 15.9. The molecule has 0 radical (unpaired) electrons. The van der Waals surface area contributed by atoms with Gasteiger partial charge in [0.15, 0.2) is 17.7 Å². The molecule has 52 heavy (non-hydrogen) atoms. The Labute approximate surface area is 301 Å². The van der Waals surface area contributed by atoms with E-state index in [1.807, 2.05) is 30.3 Å². The largest absolute Gasteiger partial charge is 0.453 e. The molecule has 3 aromatic heterocycles. The molecule has 0 spiro atoms. The summed E-state index contributed by atoms with van der Waals surface area (Å²) in [7, 11) is 5.03. The second-order valence-electron chi connectivity index (χ2n) is 11.9. The number of anilines is 1. The normalized spacial score (nSPS) is 26.3. The van der Waals surface area contributed by atoms with E-state index in [0.29, 0.717) is 11.2 Å². The molecule has 6 rings (SSSR count). The summed E-state index contributed by atoms with van der Waals surface area (Å²) in [5.41, 5.74) is 12.4. The number of esters is 1. The van der Waals surface area contributed by atoms with Crippen molar-refractivity contribution in [3.63, 3.8) is 0 Å². The number of aromatic nitrogens is 6. The first-order valence-corrected chi connectivity index (χ1v) is 20.5. The average Bonchev–Trinajstić information content (AvgIpc) is 3.82. The molecule has 2 aliphatic rings. The standard InChI is InChI=1S/C30H38N8O11P2S/c1-44-25-24(19(11-39)48-28(25)37-8-7-21(41)36-30(37)43)49-51(50,52-15-45-29(42)17(31)9-16-5-3-2-4-6-16)46-12-20-18(40)10-22(47-20)38-14-35-23-26(32)33-13-34-27(23)38/h2-8,13-14,17-20,22,24-25,28,39-40,50H,9-12,15,31H2,1H3,(H2,32,33,34)(H,36,41,43)/t17?,18?,19-,20-,22-,24?,25?,28-,51?/m1/s1. The number of nitrogens with two attached hydrogens (primary N) is 2. The lowest BCUT2D eigenvalue weighted by Crippen LogP contribution is -2.39. The number of nitrogens with zero attached hydrogens (tertiary/aromatic N) is 5. The van der Waals surface area contributed by atoms with E-state index in [-0.39, 0.29) is 31.2 Å². The summed E-state index contributed by atoms with van der Waals surface area (Å²) < 4.78 is 38.9. The second-order valence-corrected chi connectivity index (χ2v) is 18.8. The Kier molecular flexibility index (Phi) is 12.2. The first kappa shape index (κ1) is 38.2. The highest BCUT2D eigenvalue weighted by Crippen LogP contribution is 2.67. The Morgan fingerprint density at radius 3 is 2.67 bits per heavy atom. The van der Waals surface area contributed by atoms with Crippen LogP contribution in [0.25, 0.3) is 11.2 Å². The minimum absolute atomic E-state index is 0.172. The molecule has 280 valence electrons. The molecular formula is C30H38N8O11P2S. The number of benzene rings is 1. The molecule has 0 amide bonds. The van der Waals surface area contributed by atoms with Gasteiger partial charge in [-0.3, -0.25) is 23.7 Å². The molecule has 0 bridgehead atoms. The van der Waals surface area contributed by atoms with E-state index < -0.39 is 79.0 Å². The topological polar surface area (TPSA) is 263 Å². The Morgan fingerprint density at radius 1 is 1.15 bits per heavy atom. The number of carbonyl (C=O) groups excluding carboxylic acids is 1. The minimum atomic E-state index is -3.37. The van der Waals surface area contributed by atoms with Gasteiger partial charge >= 0.3 is 11.7 Å². The van der Waals surface area contributed by atoms with Crippen molar-refractivity contribution in [2.24, 2.45) is 5.73 Å². The molecule has 9 atom stereocenters. The van der Waals surface area contributed by atoms with Crippen LogP contribution in [0.5, 0.6) is 0 Å². The first-order chi connectivity index (χ1) is 25.0. The summed E-state index contributed by atoms with van der Waals surface area (Å²) in [5, 5.41) is 21.3. The van der Waals surface area contributed by atoms with Gasteiger partial charge in [0.05, 0.1) is 25.6 Å². The molecule has 19 nitrogen and oxygen atoms in total. The van der Waals surface area contributed by atoms with Crippen molar-refractivity contribution < 1.29 is 43.0 Å². The van der Waals surface area contributed by atoms with Crippen molar-refractivity contribution in [1.29, 1.82) is 0 Å². The number of rotatable bonds is 15. The van der Waals surface area contributed by atoms with Gasteiger partial charge in [-0.05, 0) is 23.4 Å². The van der Waals surface area contributed by atoms with Crippen molar-refractivity contribution >= 4 is 49.1 Å². The Balaban J connectivity index is 1.19. The lowest BCUT2D eigenvalue weighted by molar-refractivity contribution is -0.142. The number of H-pyrrole nitrogens is 1. The zero-order chi connectivity index (χ0) is 37.0. The molecule has 7 N–H and O–H groups in total. The van der Waals surface area contributed by atoms with E-state index in [4.69, 9.17) is 39.5 Å². The molecule has 2 aliphatic heterocycles. The van der Waals surface area contributed by atoms with Crippen LogP contribution in [-0.4, -0.2) is 108 Å². The van der Waals surface area contributed by atoms with Gasteiger partial charge in [0.25, 0.3) is 5.56 Å². The van der Waals surface area contributed by atoms with Crippen LogP contribution < -0.4 is 22.7 Å².